The van der Waals surface area contributed by atoms with Gasteiger partial charge in [-0.25, -0.2) is 4.39 Å². The number of carbonyl (C=O) groups excluding carboxylic acids is 1. The smallest absolute Gasteiger partial charge is 0.255 e. The van der Waals surface area contributed by atoms with E-state index in [2.05, 4.69) is 5.32 Å². The van der Waals surface area contributed by atoms with E-state index in [1.165, 1.54) is 12.1 Å². The van der Waals surface area contributed by atoms with Crippen LogP contribution in [0.3, 0.4) is 0 Å². The van der Waals surface area contributed by atoms with Crippen molar-refractivity contribution in [1.29, 1.82) is 0 Å². The van der Waals surface area contributed by atoms with Gasteiger partial charge in [0.2, 0.25) is 0 Å². The van der Waals surface area contributed by atoms with Crippen LogP contribution >= 0.6 is 0 Å². The average molecular weight is 533 g/mol. The molecule has 1 saturated heterocycles. The van der Waals surface area contributed by atoms with Gasteiger partial charge in [0.25, 0.3) is 5.91 Å². The molecule has 1 aliphatic rings. The Balaban J connectivity index is 0.00000370. The first-order chi connectivity index (χ1) is 19.1. The lowest BCUT2D eigenvalue weighted by molar-refractivity contribution is 0.102. The molecule has 5 rings (SSSR count). The summed E-state index contributed by atoms with van der Waals surface area (Å²) in [5.41, 5.74) is 2.62. The summed E-state index contributed by atoms with van der Waals surface area (Å²) < 4.78 is 36.7. The van der Waals surface area contributed by atoms with Gasteiger partial charge in [-0.2, -0.15) is 0 Å². The molecule has 0 unspecified atom stereocenters. The Bertz CT molecular complexity index is 1480. The summed E-state index contributed by atoms with van der Waals surface area (Å²) >= 11 is 0. The maximum absolute atomic E-state index is 14.4. The molecule has 4 aromatic rings. The van der Waals surface area contributed by atoms with Crippen LogP contribution in [-0.2, 0) is 11.2 Å². The lowest BCUT2D eigenvalue weighted by Crippen LogP contribution is -2.36. The molecule has 1 amide bonds. The summed E-state index contributed by atoms with van der Waals surface area (Å²) in [5.74, 6) is 1.24. The number of methoxy groups -OCH3 is 2. The number of hydrogen-bond acceptors (Lipinski definition) is 6. The van der Waals surface area contributed by atoms with E-state index >= 15 is 0 Å². The zero-order chi connectivity index (χ0) is 27.2. The quantitative estimate of drug-likeness (QED) is 0.287. The molecule has 0 aliphatic carbocycles. The largest absolute Gasteiger partial charge is 0.493 e. The highest BCUT2D eigenvalue weighted by Crippen LogP contribution is 2.33. The van der Waals surface area contributed by atoms with E-state index in [-0.39, 0.29) is 12.9 Å². The van der Waals surface area contributed by atoms with Gasteiger partial charge < -0.3 is 29.2 Å². The van der Waals surface area contributed by atoms with Crippen molar-refractivity contribution in [2.45, 2.75) is 6.42 Å². The number of hydrogen-bond donors (Lipinski definition) is 1. The molecule has 0 atom stereocenters. The predicted molar refractivity (Wildman–Crippen MR) is 152 cm³/mol. The molecule has 0 saturated carbocycles. The zero-order valence-corrected chi connectivity index (χ0v) is 22.0. The monoisotopic (exact) mass is 532 g/mol. The van der Waals surface area contributed by atoms with Gasteiger partial charge in [-0.05, 0) is 48.0 Å². The second kappa shape index (κ2) is 12.0. The van der Waals surface area contributed by atoms with Crippen LogP contribution in [0.4, 0.5) is 15.8 Å². The van der Waals surface area contributed by atoms with Crippen molar-refractivity contribution < 1.29 is 29.6 Å². The molecule has 1 heterocycles. The molecular weight excluding hydrogens is 499 g/mol. The normalized spacial score (nSPS) is 13.3. The molecule has 4 aromatic carbocycles. The first kappa shape index (κ1) is 26.3. The summed E-state index contributed by atoms with van der Waals surface area (Å²) in [6.07, 6.45) is 0.679. The SMILES string of the molecule is COc1ccc(CCOc2ccc(NC(=O)c3cc(F)cc(N4CCOCC4)c3)c3ccccc23)cc1OC.[HH]. The third-order valence-corrected chi connectivity index (χ3v) is 6.75. The van der Waals surface area contributed by atoms with Crippen LogP contribution in [0.25, 0.3) is 10.8 Å². The van der Waals surface area contributed by atoms with Crippen LogP contribution in [0.2, 0.25) is 0 Å². The molecule has 7 nitrogen and oxygen atoms in total. The summed E-state index contributed by atoms with van der Waals surface area (Å²) in [6, 6.07) is 21.6. The van der Waals surface area contributed by atoms with Crippen LogP contribution < -0.4 is 24.4 Å². The van der Waals surface area contributed by atoms with Crippen molar-refractivity contribution in [1.82, 2.24) is 0 Å². The summed E-state index contributed by atoms with van der Waals surface area (Å²) in [7, 11) is 3.22. The molecule has 0 spiro atoms. The number of benzene rings is 4. The number of ether oxygens (including phenoxy) is 4. The van der Waals surface area contributed by atoms with Crippen LogP contribution in [0, 0.1) is 5.82 Å². The lowest BCUT2D eigenvalue weighted by Gasteiger charge is -2.29. The number of halogens is 1. The summed E-state index contributed by atoms with van der Waals surface area (Å²) in [6.45, 7) is 2.92. The van der Waals surface area contributed by atoms with Crippen molar-refractivity contribution in [3.63, 3.8) is 0 Å². The van der Waals surface area contributed by atoms with Crippen molar-refractivity contribution in [3.05, 3.63) is 89.7 Å². The van der Waals surface area contributed by atoms with Gasteiger partial charge in [0, 0.05) is 48.6 Å². The van der Waals surface area contributed by atoms with Crippen molar-refractivity contribution in [3.8, 4) is 17.2 Å². The molecule has 8 heteroatoms. The molecule has 204 valence electrons. The van der Waals surface area contributed by atoms with Gasteiger partial charge in [0.05, 0.1) is 34.0 Å². The molecule has 0 bridgehead atoms. The van der Waals surface area contributed by atoms with Crippen LogP contribution in [0.5, 0.6) is 17.2 Å². The average Bonchev–Trinajstić information content (AvgIpc) is 2.98. The van der Waals surface area contributed by atoms with E-state index in [9.17, 15) is 9.18 Å². The predicted octanol–water partition coefficient (Wildman–Crippen LogP) is 5.95. The van der Waals surface area contributed by atoms with E-state index in [1.807, 2.05) is 59.5 Å². The highest BCUT2D eigenvalue weighted by molar-refractivity contribution is 6.10. The Morgan fingerprint density at radius 3 is 2.44 bits per heavy atom. The minimum absolute atomic E-state index is 0. The van der Waals surface area contributed by atoms with Gasteiger partial charge >= 0.3 is 0 Å². The van der Waals surface area contributed by atoms with Gasteiger partial charge in [-0.15, -0.1) is 0 Å². The minimum Gasteiger partial charge on any atom is -0.493 e. The fraction of sp³-hybridized carbons (Fsp3) is 0.258. The first-order valence-electron chi connectivity index (χ1n) is 12.9. The number of nitrogens with zero attached hydrogens (tertiary/aromatic N) is 1. The van der Waals surface area contributed by atoms with Crippen molar-refractivity contribution in [2.24, 2.45) is 0 Å². The number of amides is 1. The van der Waals surface area contributed by atoms with Gasteiger partial charge in [0.1, 0.15) is 11.6 Å². The molecule has 39 heavy (non-hydrogen) atoms. The van der Waals surface area contributed by atoms with E-state index in [1.54, 1.807) is 20.3 Å². The summed E-state index contributed by atoms with van der Waals surface area (Å²) in [5, 5.41) is 4.66. The van der Waals surface area contributed by atoms with Gasteiger partial charge in [0.15, 0.2) is 11.5 Å². The minimum atomic E-state index is -0.452. The number of carbonyl (C=O) groups is 1. The van der Waals surface area contributed by atoms with Gasteiger partial charge in [-0.3, -0.25) is 4.79 Å². The van der Waals surface area contributed by atoms with Crippen molar-refractivity contribution >= 4 is 28.1 Å². The van der Waals surface area contributed by atoms with Crippen LogP contribution in [-0.4, -0.2) is 53.0 Å². The third kappa shape index (κ3) is 6.07. The Hall–Kier alpha value is -4.30. The lowest BCUT2D eigenvalue weighted by atomic mass is 10.1. The highest BCUT2D eigenvalue weighted by atomic mass is 19.1. The maximum atomic E-state index is 14.4. The first-order valence-corrected chi connectivity index (χ1v) is 12.9. The Morgan fingerprint density at radius 1 is 0.923 bits per heavy atom. The molecule has 1 N–H and O–H groups in total. The number of nitrogens with one attached hydrogen (secondary N) is 1. The van der Waals surface area contributed by atoms with E-state index < -0.39 is 5.82 Å². The van der Waals surface area contributed by atoms with Gasteiger partial charge in [-0.1, -0.05) is 30.3 Å². The molecule has 0 radical (unpaired) electrons. The zero-order valence-electron chi connectivity index (χ0n) is 22.0. The number of morpholine rings is 1. The number of fused-ring (bicyclic) bond motifs is 1. The van der Waals surface area contributed by atoms with Crippen LogP contribution in [0.15, 0.2) is 72.8 Å². The third-order valence-electron chi connectivity index (χ3n) is 6.75. The fourth-order valence-corrected chi connectivity index (χ4v) is 4.73. The van der Waals surface area contributed by atoms with Crippen molar-refractivity contribution in [2.75, 3.05) is 57.3 Å². The fourth-order valence-electron chi connectivity index (χ4n) is 4.73. The Kier molecular flexibility index (Phi) is 8.13. The molecule has 1 aliphatic heterocycles. The number of rotatable bonds is 9. The van der Waals surface area contributed by atoms with Crippen LogP contribution in [0.1, 0.15) is 17.3 Å². The van der Waals surface area contributed by atoms with E-state index in [4.69, 9.17) is 18.9 Å². The highest BCUT2D eigenvalue weighted by Gasteiger charge is 2.17. The molecular formula is C31H33FN2O5. The maximum Gasteiger partial charge on any atom is 0.255 e. The molecule has 1 fully saturated rings. The Morgan fingerprint density at radius 2 is 1.67 bits per heavy atom. The standard InChI is InChI=1S/C31H31FN2O5.H2/c1-36-29-9-7-21(17-30(29)37-2)11-14-39-28-10-8-27(25-5-3-4-6-26(25)28)33-31(35)22-18-23(32)20-24(19-22)34-12-15-38-16-13-34;/h3-10,17-20H,11-16H2,1-2H3,(H,33,35);1H. The molecule has 0 aromatic heterocycles. The topological polar surface area (TPSA) is 69.3 Å². The second-order valence-corrected chi connectivity index (χ2v) is 9.20. The van der Waals surface area contributed by atoms with E-state index in [0.29, 0.717) is 68.0 Å². The Labute approximate surface area is 228 Å². The van der Waals surface area contributed by atoms with E-state index in [0.717, 1.165) is 16.3 Å². The summed E-state index contributed by atoms with van der Waals surface area (Å²) in [4.78, 5) is 15.2. The second-order valence-electron chi connectivity index (χ2n) is 9.20. The number of anilines is 2.